The Morgan fingerprint density at radius 2 is 1.91 bits per heavy atom. The van der Waals surface area contributed by atoms with Crippen molar-refractivity contribution in [3.05, 3.63) is 48.0 Å². The summed E-state index contributed by atoms with van der Waals surface area (Å²) in [6.07, 6.45) is 3.91. The number of benzene rings is 2. The quantitative estimate of drug-likeness (QED) is 0.299. The molecule has 8 heteroatoms. The molecule has 35 heavy (non-hydrogen) atoms. The minimum absolute atomic E-state index is 0.226. The lowest BCUT2D eigenvalue weighted by Gasteiger charge is -2.41. The molecule has 0 amide bonds. The van der Waals surface area contributed by atoms with Gasteiger partial charge in [0, 0.05) is 40.8 Å². The zero-order chi connectivity index (χ0) is 25.5. The fourth-order valence-corrected chi connectivity index (χ4v) is 7.80. The number of unbranched alkanes of at least 4 members (excludes halogenated alkanes) is 1. The van der Waals surface area contributed by atoms with E-state index in [0.29, 0.717) is 35.3 Å². The molecule has 1 atom stereocenters. The van der Waals surface area contributed by atoms with Crippen molar-refractivity contribution in [3.63, 3.8) is 0 Å². The first-order valence-electron chi connectivity index (χ1n) is 12.3. The van der Waals surface area contributed by atoms with Crippen LogP contribution >= 0.6 is 22.4 Å². The molecule has 0 bridgehead atoms. The third-order valence-corrected chi connectivity index (χ3v) is 9.67. The van der Waals surface area contributed by atoms with Gasteiger partial charge in [0.2, 0.25) is 0 Å². The van der Waals surface area contributed by atoms with E-state index in [2.05, 4.69) is 30.9 Å². The van der Waals surface area contributed by atoms with Gasteiger partial charge in [-0.3, -0.25) is 13.9 Å². The predicted molar refractivity (Wildman–Crippen MR) is 147 cm³/mol. The smallest absolute Gasteiger partial charge is 0.315 e. The lowest BCUT2D eigenvalue weighted by molar-refractivity contribution is -0.139. The van der Waals surface area contributed by atoms with Crippen molar-refractivity contribution < 1.29 is 23.4 Å². The molecular weight excluding hydrogens is 482 g/mol. The number of nitrogens with zero attached hydrogens (tertiary/aromatic N) is 1. The Balaban J connectivity index is 2.08. The first-order valence-corrected chi connectivity index (χ1v) is 15.2. The molecule has 0 saturated carbocycles. The number of fused-ring (bicyclic) bond motifs is 1. The summed E-state index contributed by atoms with van der Waals surface area (Å²) in [5, 5.41) is 0. The van der Waals surface area contributed by atoms with Crippen LogP contribution in [0.25, 0.3) is 0 Å². The molecule has 0 aromatic heterocycles. The monoisotopic (exact) mass is 521 g/mol. The summed E-state index contributed by atoms with van der Waals surface area (Å²) in [6.45, 7) is 7.18. The average Bonchev–Trinajstić information content (AvgIpc) is 2.95. The average molecular weight is 522 g/mol. The van der Waals surface area contributed by atoms with Crippen molar-refractivity contribution in [3.8, 4) is 5.75 Å². The fraction of sp³-hybridized carbons (Fsp3) is 0.519. The number of hydrogen-bond acceptors (Lipinski definition) is 7. The standard InChI is InChI=1S/C27H39NO5S2/c1-5-8-14-27(6-2)19-28(22-12-10-9-11-13-22)23-16-24(32-4)21(15-25(23)35(30,31)20-27)17-34-18-26(29)33-7-3/h9-13,15-16,30-31H,5-8,14,17-20H2,1-4H3. The van der Waals surface area contributed by atoms with Gasteiger partial charge in [0.05, 0.1) is 30.1 Å². The molecule has 3 rings (SSSR count). The highest BCUT2D eigenvalue weighted by atomic mass is 32.3. The molecule has 0 spiro atoms. The van der Waals surface area contributed by atoms with Crippen molar-refractivity contribution in [2.45, 2.75) is 57.1 Å². The Kier molecular flexibility index (Phi) is 9.81. The molecule has 194 valence electrons. The maximum Gasteiger partial charge on any atom is 0.315 e. The van der Waals surface area contributed by atoms with Crippen LogP contribution in [0.15, 0.2) is 47.4 Å². The summed E-state index contributed by atoms with van der Waals surface area (Å²) in [7, 11) is -1.44. The van der Waals surface area contributed by atoms with E-state index in [0.717, 1.165) is 42.6 Å². The second-order valence-corrected chi connectivity index (χ2v) is 12.2. The molecule has 1 heterocycles. The predicted octanol–water partition coefficient (Wildman–Crippen LogP) is 7.34. The van der Waals surface area contributed by atoms with Crippen LogP contribution in [0.3, 0.4) is 0 Å². The minimum Gasteiger partial charge on any atom is -0.496 e. The van der Waals surface area contributed by atoms with Crippen LogP contribution < -0.4 is 9.64 Å². The molecule has 2 aromatic rings. The second kappa shape index (κ2) is 12.4. The van der Waals surface area contributed by atoms with Crippen molar-refractivity contribution in [2.75, 3.05) is 36.7 Å². The van der Waals surface area contributed by atoms with Crippen molar-refractivity contribution in [2.24, 2.45) is 5.41 Å². The SMILES string of the molecule is CCCCC1(CC)CN(c2ccccc2)c2cc(OC)c(CSCC(=O)OCC)cc2S(O)(O)C1. The van der Waals surface area contributed by atoms with E-state index in [1.54, 1.807) is 14.0 Å². The summed E-state index contributed by atoms with van der Waals surface area (Å²) in [6, 6.07) is 14.0. The van der Waals surface area contributed by atoms with E-state index < -0.39 is 10.6 Å². The maximum absolute atomic E-state index is 11.8. The first-order chi connectivity index (χ1) is 16.8. The third kappa shape index (κ3) is 6.67. The molecule has 0 saturated heterocycles. The van der Waals surface area contributed by atoms with Gasteiger partial charge >= 0.3 is 5.97 Å². The Morgan fingerprint density at radius 3 is 2.54 bits per heavy atom. The molecule has 0 radical (unpaired) electrons. The van der Waals surface area contributed by atoms with Crippen LogP contribution in [0.4, 0.5) is 11.4 Å². The number of hydrogen-bond donors (Lipinski definition) is 2. The normalized spacial score (nSPS) is 20.0. The van der Waals surface area contributed by atoms with Crippen LogP contribution in [-0.4, -0.2) is 46.8 Å². The number of ether oxygens (including phenoxy) is 2. The topological polar surface area (TPSA) is 79.2 Å². The molecule has 2 N–H and O–H groups in total. The van der Waals surface area contributed by atoms with Gasteiger partial charge < -0.3 is 14.4 Å². The van der Waals surface area contributed by atoms with Crippen LogP contribution in [0.2, 0.25) is 0 Å². The van der Waals surface area contributed by atoms with Gasteiger partial charge in [-0.1, -0.05) is 44.9 Å². The Hall–Kier alpha value is -1.87. The Bertz CT molecular complexity index is 985. The molecule has 2 aromatic carbocycles. The van der Waals surface area contributed by atoms with Crippen molar-refractivity contribution in [1.82, 2.24) is 0 Å². The van der Waals surface area contributed by atoms with Crippen LogP contribution in [0, 0.1) is 5.41 Å². The molecule has 6 nitrogen and oxygen atoms in total. The number of rotatable bonds is 11. The molecule has 1 aliphatic heterocycles. The zero-order valence-corrected chi connectivity index (χ0v) is 22.9. The van der Waals surface area contributed by atoms with E-state index >= 15 is 0 Å². The molecular formula is C27H39NO5S2. The summed E-state index contributed by atoms with van der Waals surface area (Å²) in [4.78, 5) is 14.6. The lowest BCUT2D eigenvalue weighted by Crippen LogP contribution is -2.37. The molecule has 1 unspecified atom stereocenters. The molecule has 0 fully saturated rings. The van der Waals surface area contributed by atoms with E-state index in [1.165, 1.54) is 11.8 Å². The highest BCUT2D eigenvalue weighted by Gasteiger charge is 2.42. The van der Waals surface area contributed by atoms with Gasteiger partial charge in [-0.25, -0.2) is 0 Å². The summed E-state index contributed by atoms with van der Waals surface area (Å²) < 4.78 is 34.0. The summed E-state index contributed by atoms with van der Waals surface area (Å²) in [5.41, 5.74) is 2.41. The summed E-state index contributed by atoms with van der Waals surface area (Å²) >= 11 is 1.43. The van der Waals surface area contributed by atoms with Gasteiger partial charge in [0.15, 0.2) is 0 Å². The van der Waals surface area contributed by atoms with E-state index in [9.17, 15) is 13.9 Å². The number of esters is 1. The number of methoxy groups -OCH3 is 1. The van der Waals surface area contributed by atoms with Gasteiger partial charge in [-0.2, -0.15) is 10.6 Å². The van der Waals surface area contributed by atoms with E-state index in [-0.39, 0.29) is 17.1 Å². The molecule has 0 aliphatic carbocycles. The van der Waals surface area contributed by atoms with E-state index in [1.807, 2.05) is 30.3 Å². The fourth-order valence-electron chi connectivity index (χ4n) is 4.72. The number of para-hydroxylation sites is 1. The maximum atomic E-state index is 11.8. The van der Waals surface area contributed by atoms with Gasteiger partial charge in [-0.15, -0.1) is 11.8 Å². The number of carbonyl (C=O) groups is 1. The summed E-state index contributed by atoms with van der Waals surface area (Å²) in [5.74, 6) is 1.50. The number of thioether (sulfide) groups is 1. The van der Waals surface area contributed by atoms with Crippen LogP contribution in [-0.2, 0) is 15.3 Å². The third-order valence-electron chi connectivity index (χ3n) is 6.67. The van der Waals surface area contributed by atoms with Crippen LogP contribution in [0.1, 0.15) is 52.0 Å². The van der Waals surface area contributed by atoms with Gasteiger partial charge in [0.1, 0.15) is 5.75 Å². The minimum atomic E-state index is -3.07. The second-order valence-electron chi connectivity index (χ2n) is 9.12. The number of anilines is 2. The number of carbonyl (C=O) groups excluding carboxylic acids is 1. The lowest BCUT2D eigenvalue weighted by atomic mass is 9.81. The highest BCUT2D eigenvalue weighted by Crippen LogP contribution is 2.61. The molecule has 1 aliphatic rings. The first kappa shape index (κ1) is 27.7. The van der Waals surface area contributed by atoms with Crippen molar-refractivity contribution >= 4 is 39.7 Å². The highest BCUT2D eigenvalue weighted by molar-refractivity contribution is 8.24. The Labute approximate surface area is 215 Å². The van der Waals surface area contributed by atoms with Crippen LogP contribution in [0.5, 0.6) is 5.75 Å². The Morgan fingerprint density at radius 1 is 1.17 bits per heavy atom. The van der Waals surface area contributed by atoms with E-state index in [4.69, 9.17) is 9.47 Å². The van der Waals surface area contributed by atoms with Gasteiger partial charge in [-0.05, 0) is 38.0 Å². The van der Waals surface area contributed by atoms with Gasteiger partial charge in [0.25, 0.3) is 0 Å². The zero-order valence-electron chi connectivity index (χ0n) is 21.3. The largest absolute Gasteiger partial charge is 0.496 e. The van der Waals surface area contributed by atoms with Crippen molar-refractivity contribution in [1.29, 1.82) is 0 Å².